The summed E-state index contributed by atoms with van der Waals surface area (Å²) in [6.07, 6.45) is 6.49. The normalized spacial score (nSPS) is 20.0. The molecule has 0 bridgehead atoms. The van der Waals surface area contributed by atoms with Crippen molar-refractivity contribution in [1.29, 1.82) is 0 Å². The van der Waals surface area contributed by atoms with Crippen LogP contribution in [0.25, 0.3) is 0 Å². The molecule has 1 aromatic rings. The van der Waals surface area contributed by atoms with Crippen LogP contribution in [0.4, 0.5) is 0 Å². The van der Waals surface area contributed by atoms with E-state index in [-0.39, 0.29) is 0 Å². The second-order valence-electron chi connectivity index (χ2n) is 5.61. The minimum atomic E-state index is 0.542. The Morgan fingerprint density at radius 1 is 1.30 bits per heavy atom. The average molecular weight is 276 g/mol. The van der Waals surface area contributed by atoms with Crippen molar-refractivity contribution in [3.63, 3.8) is 0 Å². The zero-order chi connectivity index (χ0) is 14.2. The number of hydrogen-bond donors (Lipinski definition) is 1. The molecule has 0 spiro atoms. The van der Waals surface area contributed by atoms with E-state index in [0.717, 1.165) is 36.9 Å². The van der Waals surface area contributed by atoms with Gasteiger partial charge in [-0.05, 0) is 38.3 Å². The van der Waals surface area contributed by atoms with Gasteiger partial charge in [0.15, 0.2) is 0 Å². The van der Waals surface area contributed by atoms with E-state index in [1.54, 1.807) is 0 Å². The molecule has 3 nitrogen and oxygen atoms in total. The number of benzene rings is 1. The van der Waals surface area contributed by atoms with E-state index in [2.05, 4.69) is 11.8 Å². The SMILES string of the molecule is CCC1CCCCN1CCCOc1ccccc1CN. The first kappa shape index (κ1) is 15.3. The molecule has 112 valence electrons. The van der Waals surface area contributed by atoms with Crippen LogP contribution in [0.2, 0.25) is 0 Å². The molecule has 2 rings (SSSR count). The first-order valence-corrected chi connectivity index (χ1v) is 8.00. The number of nitrogens with zero attached hydrogens (tertiary/aromatic N) is 1. The van der Waals surface area contributed by atoms with Crippen molar-refractivity contribution in [1.82, 2.24) is 4.90 Å². The molecule has 0 saturated carbocycles. The van der Waals surface area contributed by atoms with E-state index < -0.39 is 0 Å². The smallest absolute Gasteiger partial charge is 0.123 e. The summed E-state index contributed by atoms with van der Waals surface area (Å²) < 4.78 is 5.88. The Morgan fingerprint density at radius 3 is 2.95 bits per heavy atom. The molecule has 20 heavy (non-hydrogen) atoms. The van der Waals surface area contributed by atoms with Crippen molar-refractivity contribution in [2.75, 3.05) is 19.7 Å². The Kier molecular flexibility index (Phi) is 6.34. The molecule has 1 unspecified atom stereocenters. The van der Waals surface area contributed by atoms with Gasteiger partial charge in [-0.25, -0.2) is 0 Å². The number of likely N-dealkylation sites (tertiary alicyclic amines) is 1. The number of rotatable bonds is 7. The highest BCUT2D eigenvalue weighted by molar-refractivity contribution is 5.32. The van der Waals surface area contributed by atoms with Gasteiger partial charge in [0.1, 0.15) is 5.75 Å². The van der Waals surface area contributed by atoms with E-state index in [4.69, 9.17) is 10.5 Å². The Bertz CT molecular complexity index is 394. The average Bonchev–Trinajstić information content (AvgIpc) is 2.52. The summed E-state index contributed by atoms with van der Waals surface area (Å²) in [5, 5.41) is 0. The first-order valence-electron chi connectivity index (χ1n) is 8.00. The molecule has 1 aliphatic heterocycles. The maximum atomic E-state index is 5.88. The van der Waals surface area contributed by atoms with Crippen molar-refractivity contribution in [2.45, 2.75) is 51.6 Å². The summed E-state index contributed by atoms with van der Waals surface area (Å²) in [5.74, 6) is 0.945. The van der Waals surface area contributed by atoms with Crippen molar-refractivity contribution in [3.8, 4) is 5.75 Å². The highest BCUT2D eigenvalue weighted by Gasteiger charge is 2.19. The molecule has 3 heteroatoms. The van der Waals surface area contributed by atoms with Crippen LogP contribution in [0.5, 0.6) is 5.75 Å². The minimum absolute atomic E-state index is 0.542. The van der Waals surface area contributed by atoms with Crippen LogP contribution < -0.4 is 10.5 Å². The van der Waals surface area contributed by atoms with Gasteiger partial charge in [-0.2, -0.15) is 0 Å². The van der Waals surface area contributed by atoms with E-state index in [1.807, 2.05) is 24.3 Å². The molecule has 0 aromatic heterocycles. The lowest BCUT2D eigenvalue weighted by atomic mass is 10.00. The molecule has 1 aliphatic rings. The Hall–Kier alpha value is -1.06. The zero-order valence-corrected chi connectivity index (χ0v) is 12.7. The van der Waals surface area contributed by atoms with E-state index in [9.17, 15) is 0 Å². The molecule has 0 aliphatic carbocycles. The lowest BCUT2D eigenvalue weighted by molar-refractivity contribution is 0.134. The lowest BCUT2D eigenvalue weighted by Gasteiger charge is -2.35. The van der Waals surface area contributed by atoms with Crippen molar-refractivity contribution < 1.29 is 4.74 Å². The van der Waals surface area contributed by atoms with Crippen LogP contribution in [-0.2, 0) is 6.54 Å². The molecular formula is C17H28N2O. The van der Waals surface area contributed by atoms with Crippen LogP contribution >= 0.6 is 0 Å². The molecule has 1 fully saturated rings. The molecule has 2 N–H and O–H groups in total. The number of hydrogen-bond acceptors (Lipinski definition) is 3. The third kappa shape index (κ3) is 4.22. The second kappa shape index (κ2) is 8.28. The van der Waals surface area contributed by atoms with Gasteiger partial charge in [-0.1, -0.05) is 31.5 Å². The van der Waals surface area contributed by atoms with Gasteiger partial charge in [-0.15, -0.1) is 0 Å². The second-order valence-corrected chi connectivity index (χ2v) is 5.61. The van der Waals surface area contributed by atoms with Crippen LogP contribution in [0.15, 0.2) is 24.3 Å². The lowest BCUT2D eigenvalue weighted by Crippen LogP contribution is -2.40. The largest absolute Gasteiger partial charge is 0.493 e. The summed E-state index contributed by atoms with van der Waals surface area (Å²) in [6, 6.07) is 8.85. The van der Waals surface area contributed by atoms with Crippen LogP contribution in [-0.4, -0.2) is 30.6 Å². The standard InChI is InChI=1S/C17H28N2O/c1-2-16-9-5-6-11-19(16)12-7-13-20-17-10-4-3-8-15(17)14-18/h3-4,8,10,16H,2,5-7,9,11-14,18H2,1H3. The van der Waals surface area contributed by atoms with Crippen LogP contribution in [0, 0.1) is 0 Å². The van der Waals surface area contributed by atoms with Gasteiger partial charge < -0.3 is 15.4 Å². The first-order chi connectivity index (χ1) is 9.85. The Morgan fingerprint density at radius 2 is 2.15 bits per heavy atom. The predicted octanol–water partition coefficient (Wildman–Crippen LogP) is 3.18. The summed E-state index contributed by atoms with van der Waals surface area (Å²) in [4.78, 5) is 2.64. The van der Waals surface area contributed by atoms with Crippen molar-refractivity contribution in [2.24, 2.45) is 5.73 Å². The summed E-state index contributed by atoms with van der Waals surface area (Å²) in [6.45, 7) is 6.04. The fourth-order valence-electron chi connectivity index (χ4n) is 3.08. The van der Waals surface area contributed by atoms with Gasteiger partial charge >= 0.3 is 0 Å². The molecule has 0 amide bonds. The highest BCUT2D eigenvalue weighted by atomic mass is 16.5. The molecule has 1 aromatic carbocycles. The predicted molar refractivity (Wildman–Crippen MR) is 83.9 cm³/mol. The quantitative estimate of drug-likeness (QED) is 0.777. The summed E-state index contributed by atoms with van der Waals surface area (Å²) in [5.41, 5.74) is 6.81. The number of piperidine rings is 1. The molecule has 1 atom stereocenters. The van der Waals surface area contributed by atoms with Gasteiger partial charge in [0.2, 0.25) is 0 Å². The maximum absolute atomic E-state index is 5.88. The molecular weight excluding hydrogens is 248 g/mol. The van der Waals surface area contributed by atoms with Gasteiger partial charge in [0, 0.05) is 24.7 Å². The topological polar surface area (TPSA) is 38.5 Å². The minimum Gasteiger partial charge on any atom is -0.493 e. The van der Waals surface area contributed by atoms with Gasteiger partial charge in [0.05, 0.1) is 6.61 Å². The molecule has 0 radical (unpaired) electrons. The summed E-state index contributed by atoms with van der Waals surface area (Å²) in [7, 11) is 0. The number of para-hydroxylation sites is 1. The van der Waals surface area contributed by atoms with Gasteiger partial charge in [0.25, 0.3) is 0 Å². The van der Waals surface area contributed by atoms with Crippen molar-refractivity contribution in [3.05, 3.63) is 29.8 Å². The zero-order valence-electron chi connectivity index (χ0n) is 12.7. The van der Waals surface area contributed by atoms with Crippen molar-refractivity contribution >= 4 is 0 Å². The van der Waals surface area contributed by atoms with E-state index >= 15 is 0 Å². The summed E-state index contributed by atoms with van der Waals surface area (Å²) >= 11 is 0. The van der Waals surface area contributed by atoms with Gasteiger partial charge in [-0.3, -0.25) is 0 Å². The van der Waals surface area contributed by atoms with Crippen LogP contribution in [0.1, 0.15) is 44.6 Å². The molecule has 1 saturated heterocycles. The van der Waals surface area contributed by atoms with Crippen LogP contribution in [0.3, 0.4) is 0 Å². The number of ether oxygens (including phenoxy) is 1. The Balaban J connectivity index is 1.73. The fraction of sp³-hybridized carbons (Fsp3) is 0.647. The number of nitrogens with two attached hydrogens (primary N) is 1. The van der Waals surface area contributed by atoms with E-state index in [1.165, 1.54) is 32.2 Å². The third-order valence-corrected chi connectivity index (χ3v) is 4.26. The Labute approximate surface area is 123 Å². The maximum Gasteiger partial charge on any atom is 0.123 e. The highest BCUT2D eigenvalue weighted by Crippen LogP contribution is 2.20. The molecule has 1 heterocycles. The monoisotopic (exact) mass is 276 g/mol. The fourth-order valence-corrected chi connectivity index (χ4v) is 3.08. The van der Waals surface area contributed by atoms with E-state index in [0.29, 0.717) is 6.54 Å². The third-order valence-electron chi connectivity index (χ3n) is 4.26.